The van der Waals surface area contributed by atoms with Gasteiger partial charge in [-0.1, -0.05) is 36.7 Å². The first-order valence-corrected chi connectivity index (χ1v) is 9.96. The third-order valence-electron chi connectivity index (χ3n) is 4.73. The second-order valence-electron chi connectivity index (χ2n) is 6.72. The van der Waals surface area contributed by atoms with Crippen LogP contribution in [0.25, 0.3) is 22.6 Å². The molecule has 1 amide bonds. The number of fused-ring (bicyclic) bond motifs is 2. The quantitative estimate of drug-likeness (QED) is 0.461. The smallest absolute Gasteiger partial charge is 0.411 e. The summed E-state index contributed by atoms with van der Waals surface area (Å²) in [4.78, 5) is 46.6. The number of nitrogens with zero attached hydrogens (tertiary/aromatic N) is 3. The van der Waals surface area contributed by atoms with Gasteiger partial charge < -0.3 is 9.30 Å². The maximum atomic E-state index is 12.3. The summed E-state index contributed by atoms with van der Waals surface area (Å²) >= 11 is 6.32. The molecule has 9 nitrogen and oxygen atoms in total. The van der Waals surface area contributed by atoms with E-state index >= 15 is 0 Å². The molecule has 0 saturated carbocycles. The number of para-hydroxylation sites is 1. The lowest BCUT2D eigenvalue weighted by molar-refractivity contribution is 0.157. The standard InChI is InChI=1S/C21H18ClN5O4/c1-2-12-10-16-15(11-14(12)22)24-17-18(25-20(29)26-19(17)28)27(16)8-9-31-21(30)23-13-6-4-3-5-7-13/h3-7,10-11H,2,8-9H2,1H3,(H,23,30)(H,26,28,29). The van der Waals surface area contributed by atoms with Crippen LogP contribution >= 0.6 is 11.6 Å². The third-order valence-corrected chi connectivity index (χ3v) is 5.08. The lowest BCUT2D eigenvalue weighted by atomic mass is 10.1. The number of H-pyrrole nitrogens is 1. The molecule has 0 unspecified atom stereocenters. The minimum atomic E-state index is -0.778. The van der Waals surface area contributed by atoms with Crippen molar-refractivity contribution in [2.24, 2.45) is 0 Å². The van der Waals surface area contributed by atoms with Gasteiger partial charge in [0.15, 0.2) is 11.5 Å². The Morgan fingerprint density at radius 2 is 1.97 bits per heavy atom. The van der Waals surface area contributed by atoms with Gasteiger partial charge in [-0.3, -0.25) is 15.1 Å². The molecule has 0 spiro atoms. The van der Waals surface area contributed by atoms with E-state index in [1.165, 1.54) is 0 Å². The molecular weight excluding hydrogens is 422 g/mol. The van der Waals surface area contributed by atoms with Crippen LogP contribution < -0.4 is 16.6 Å². The van der Waals surface area contributed by atoms with E-state index in [0.717, 1.165) is 5.56 Å². The molecule has 10 heteroatoms. The van der Waals surface area contributed by atoms with E-state index in [-0.39, 0.29) is 24.7 Å². The molecule has 2 aliphatic heterocycles. The number of ether oxygens (including phenoxy) is 1. The Labute approximate surface area is 181 Å². The number of aromatic amines is 1. The van der Waals surface area contributed by atoms with Gasteiger partial charge in [0, 0.05) is 10.7 Å². The van der Waals surface area contributed by atoms with Crippen molar-refractivity contribution in [1.82, 2.24) is 19.5 Å². The second-order valence-corrected chi connectivity index (χ2v) is 7.13. The molecule has 2 N–H and O–H groups in total. The fraction of sp³-hybridized carbons (Fsp3) is 0.190. The Bertz CT molecular complexity index is 1350. The average Bonchev–Trinajstić information content (AvgIpc) is 2.74. The van der Waals surface area contributed by atoms with Crippen LogP contribution in [0.15, 0.2) is 52.1 Å². The molecule has 158 valence electrons. The van der Waals surface area contributed by atoms with Crippen LogP contribution in [0.1, 0.15) is 12.5 Å². The highest BCUT2D eigenvalue weighted by Gasteiger charge is 2.20. The highest BCUT2D eigenvalue weighted by Crippen LogP contribution is 2.27. The SMILES string of the molecule is CCc1cc2c(cc1Cl)nc1c(=O)[nH]c(=O)nc-1n2CCOC(=O)Nc1ccccc1. The number of carbonyl (C=O) groups is 1. The van der Waals surface area contributed by atoms with E-state index in [4.69, 9.17) is 16.3 Å². The number of hydrogen-bond acceptors (Lipinski definition) is 6. The second kappa shape index (κ2) is 8.57. The fourth-order valence-electron chi connectivity index (χ4n) is 3.26. The zero-order chi connectivity index (χ0) is 22.0. The molecule has 2 aliphatic rings. The van der Waals surface area contributed by atoms with Gasteiger partial charge in [0.2, 0.25) is 0 Å². The third kappa shape index (κ3) is 4.26. The van der Waals surface area contributed by atoms with Crippen molar-refractivity contribution >= 4 is 34.4 Å². The monoisotopic (exact) mass is 439 g/mol. The Balaban J connectivity index is 1.69. The minimum Gasteiger partial charge on any atom is -0.447 e. The molecule has 0 bridgehead atoms. The molecule has 2 aromatic carbocycles. The van der Waals surface area contributed by atoms with Crippen LogP contribution in [0.2, 0.25) is 5.02 Å². The van der Waals surface area contributed by atoms with E-state index in [2.05, 4.69) is 20.3 Å². The molecule has 31 heavy (non-hydrogen) atoms. The highest BCUT2D eigenvalue weighted by atomic mass is 35.5. The first-order valence-electron chi connectivity index (χ1n) is 9.58. The maximum Gasteiger partial charge on any atom is 0.411 e. The first kappa shape index (κ1) is 20.5. The van der Waals surface area contributed by atoms with Gasteiger partial charge in [0.05, 0.1) is 17.6 Å². The molecule has 2 aromatic rings. The summed E-state index contributed by atoms with van der Waals surface area (Å²) in [5, 5.41) is 3.15. The van der Waals surface area contributed by atoms with Gasteiger partial charge in [0.1, 0.15) is 6.61 Å². The molecule has 0 fully saturated rings. The van der Waals surface area contributed by atoms with Crippen molar-refractivity contribution < 1.29 is 9.53 Å². The van der Waals surface area contributed by atoms with Crippen LogP contribution in [-0.4, -0.2) is 32.2 Å². The number of hydrogen-bond donors (Lipinski definition) is 2. The van der Waals surface area contributed by atoms with Crippen molar-refractivity contribution in [1.29, 1.82) is 0 Å². The van der Waals surface area contributed by atoms with Crippen molar-refractivity contribution in [2.45, 2.75) is 19.9 Å². The van der Waals surface area contributed by atoms with Crippen LogP contribution in [-0.2, 0) is 17.7 Å². The van der Waals surface area contributed by atoms with E-state index in [9.17, 15) is 14.4 Å². The predicted molar refractivity (Wildman–Crippen MR) is 117 cm³/mol. The minimum absolute atomic E-state index is 0.00107. The number of anilines is 1. The number of aryl methyl sites for hydroxylation is 1. The average molecular weight is 440 g/mol. The van der Waals surface area contributed by atoms with Crippen molar-refractivity contribution in [3.05, 3.63) is 73.9 Å². The molecular formula is C21H18ClN5O4. The molecule has 0 aromatic heterocycles. The van der Waals surface area contributed by atoms with Crippen LogP contribution in [0, 0.1) is 0 Å². The number of benzene rings is 2. The Kier molecular flexibility index (Phi) is 5.68. The number of amides is 1. The molecule has 2 heterocycles. The number of rotatable bonds is 5. The highest BCUT2D eigenvalue weighted by molar-refractivity contribution is 6.32. The van der Waals surface area contributed by atoms with E-state index in [1.807, 2.05) is 19.1 Å². The predicted octanol–water partition coefficient (Wildman–Crippen LogP) is 3.05. The summed E-state index contributed by atoms with van der Waals surface area (Å²) in [5.74, 6) is 0.109. The molecule has 0 aliphatic carbocycles. The zero-order valence-electron chi connectivity index (χ0n) is 16.5. The normalized spacial score (nSPS) is 11.0. The van der Waals surface area contributed by atoms with E-state index < -0.39 is 17.3 Å². The number of nitrogens with one attached hydrogen (secondary N) is 2. The molecule has 4 rings (SSSR count). The van der Waals surface area contributed by atoms with Gasteiger partial charge in [0.25, 0.3) is 5.56 Å². The van der Waals surface area contributed by atoms with Crippen molar-refractivity contribution in [2.75, 3.05) is 11.9 Å². The van der Waals surface area contributed by atoms with E-state index in [0.29, 0.717) is 28.2 Å². The topological polar surface area (TPSA) is 119 Å². The Hall–Kier alpha value is -3.72. The van der Waals surface area contributed by atoms with Crippen molar-refractivity contribution in [3.63, 3.8) is 0 Å². The van der Waals surface area contributed by atoms with Gasteiger partial charge in [-0.05, 0) is 36.2 Å². The van der Waals surface area contributed by atoms with Crippen LogP contribution in [0.3, 0.4) is 0 Å². The van der Waals surface area contributed by atoms with Crippen LogP contribution in [0.5, 0.6) is 0 Å². The fourth-order valence-corrected chi connectivity index (χ4v) is 3.55. The molecule has 0 atom stereocenters. The largest absolute Gasteiger partial charge is 0.447 e. The molecule has 0 radical (unpaired) electrons. The van der Waals surface area contributed by atoms with Gasteiger partial charge in [-0.25, -0.2) is 14.6 Å². The summed E-state index contributed by atoms with van der Waals surface area (Å²) in [7, 11) is 0. The Morgan fingerprint density at radius 3 is 2.71 bits per heavy atom. The lowest BCUT2D eigenvalue weighted by Crippen LogP contribution is -2.29. The first-order chi connectivity index (χ1) is 15.0. The summed E-state index contributed by atoms with van der Waals surface area (Å²) < 4.78 is 6.92. The summed E-state index contributed by atoms with van der Waals surface area (Å²) in [6.45, 7) is 2.09. The summed E-state index contributed by atoms with van der Waals surface area (Å²) in [5.41, 5.74) is 1.14. The summed E-state index contributed by atoms with van der Waals surface area (Å²) in [6.07, 6.45) is 0.0559. The number of aromatic nitrogens is 4. The van der Waals surface area contributed by atoms with Crippen molar-refractivity contribution in [3.8, 4) is 11.5 Å². The Morgan fingerprint density at radius 1 is 1.19 bits per heavy atom. The number of carbonyl (C=O) groups excluding carboxylic acids is 1. The lowest BCUT2D eigenvalue weighted by Gasteiger charge is -2.18. The molecule has 0 saturated heterocycles. The zero-order valence-corrected chi connectivity index (χ0v) is 17.3. The van der Waals surface area contributed by atoms with Gasteiger partial charge in [-0.15, -0.1) is 0 Å². The van der Waals surface area contributed by atoms with Crippen LogP contribution in [0.4, 0.5) is 10.5 Å². The number of halogens is 1. The van der Waals surface area contributed by atoms with Gasteiger partial charge in [-0.2, -0.15) is 4.98 Å². The summed E-state index contributed by atoms with van der Waals surface area (Å²) in [6, 6.07) is 12.4. The van der Waals surface area contributed by atoms with Gasteiger partial charge >= 0.3 is 11.8 Å². The van der Waals surface area contributed by atoms with E-state index in [1.54, 1.807) is 34.9 Å². The maximum absolute atomic E-state index is 12.3.